The summed E-state index contributed by atoms with van der Waals surface area (Å²) < 4.78 is 9.98. The van der Waals surface area contributed by atoms with E-state index in [-0.39, 0.29) is 12.1 Å². The molecule has 0 N–H and O–H groups in total. The Balaban J connectivity index is 2.51. The first-order valence-electron chi connectivity index (χ1n) is 4.49. The second kappa shape index (κ2) is 5.40. The number of benzene rings is 1. The average molecular weight is 194 g/mol. The van der Waals surface area contributed by atoms with Crippen LogP contribution in [0.4, 0.5) is 0 Å². The molecule has 1 aromatic rings. The Labute approximate surface area is 83.6 Å². The zero-order chi connectivity index (χ0) is 10.4. The molecule has 0 radical (unpaired) electrons. The summed E-state index contributed by atoms with van der Waals surface area (Å²) in [5.74, 6) is -0.310. The topological polar surface area (TPSA) is 35.5 Å². The number of carbonyl (C=O) groups is 1. The summed E-state index contributed by atoms with van der Waals surface area (Å²) >= 11 is 0. The van der Waals surface area contributed by atoms with Gasteiger partial charge in [-0.2, -0.15) is 0 Å². The summed E-state index contributed by atoms with van der Waals surface area (Å²) in [5.41, 5.74) is 0.565. The maximum Gasteiger partial charge on any atom is 0.338 e. The predicted molar refractivity (Wildman–Crippen MR) is 53.2 cm³/mol. The minimum Gasteiger partial charge on any atom is -0.457 e. The minimum atomic E-state index is -0.310. The molecule has 0 saturated heterocycles. The van der Waals surface area contributed by atoms with Crippen molar-refractivity contribution in [2.75, 3.05) is 13.7 Å². The summed E-state index contributed by atoms with van der Waals surface area (Å²) in [7, 11) is 1.58. The molecular formula is C11H14O3. The molecule has 0 heterocycles. The summed E-state index contributed by atoms with van der Waals surface area (Å²) in [6.45, 7) is 2.21. The molecule has 1 atom stereocenters. The van der Waals surface area contributed by atoms with Crippen LogP contribution in [0, 0.1) is 0 Å². The lowest BCUT2D eigenvalue weighted by atomic mass is 10.2. The highest BCUT2D eigenvalue weighted by Crippen LogP contribution is 2.03. The number of rotatable bonds is 4. The average Bonchev–Trinajstić information content (AvgIpc) is 2.19. The van der Waals surface area contributed by atoms with E-state index in [4.69, 9.17) is 9.47 Å². The van der Waals surface area contributed by atoms with Crippen LogP contribution >= 0.6 is 0 Å². The number of esters is 1. The maximum atomic E-state index is 11.5. The molecular weight excluding hydrogens is 180 g/mol. The van der Waals surface area contributed by atoms with Crippen molar-refractivity contribution in [3.8, 4) is 0 Å². The van der Waals surface area contributed by atoms with Crippen LogP contribution in [0.3, 0.4) is 0 Å². The lowest BCUT2D eigenvalue weighted by Crippen LogP contribution is -2.19. The Bertz CT molecular complexity index is 282. The zero-order valence-electron chi connectivity index (χ0n) is 8.40. The van der Waals surface area contributed by atoms with E-state index in [1.807, 2.05) is 6.07 Å². The summed E-state index contributed by atoms with van der Waals surface area (Å²) in [6, 6.07) is 8.91. The zero-order valence-corrected chi connectivity index (χ0v) is 8.40. The summed E-state index contributed by atoms with van der Waals surface area (Å²) in [6.07, 6.45) is -0.215. The number of methoxy groups -OCH3 is 1. The molecule has 0 saturated carbocycles. The highest BCUT2D eigenvalue weighted by atomic mass is 16.6. The van der Waals surface area contributed by atoms with Crippen molar-refractivity contribution in [3.05, 3.63) is 35.9 Å². The molecule has 0 fully saturated rings. The van der Waals surface area contributed by atoms with Crippen LogP contribution in [0.2, 0.25) is 0 Å². The van der Waals surface area contributed by atoms with E-state index in [0.29, 0.717) is 12.2 Å². The van der Waals surface area contributed by atoms with Gasteiger partial charge in [-0.15, -0.1) is 0 Å². The van der Waals surface area contributed by atoms with E-state index >= 15 is 0 Å². The van der Waals surface area contributed by atoms with Gasteiger partial charge in [-0.05, 0) is 19.1 Å². The molecule has 3 nitrogen and oxygen atoms in total. The quantitative estimate of drug-likeness (QED) is 0.686. The van der Waals surface area contributed by atoms with E-state index in [1.54, 1.807) is 38.3 Å². The van der Waals surface area contributed by atoms with E-state index in [2.05, 4.69) is 0 Å². The molecule has 0 unspecified atom stereocenters. The van der Waals surface area contributed by atoms with Crippen LogP contribution in [0.5, 0.6) is 0 Å². The maximum absolute atomic E-state index is 11.5. The van der Waals surface area contributed by atoms with E-state index < -0.39 is 0 Å². The molecule has 0 aliphatic carbocycles. The SMILES string of the molecule is COC[C@H](C)OC(=O)c1ccccc1. The van der Waals surface area contributed by atoms with Crippen molar-refractivity contribution in [2.24, 2.45) is 0 Å². The molecule has 0 amide bonds. The van der Waals surface area contributed by atoms with Gasteiger partial charge in [0.2, 0.25) is 0 Å². The Hall–Kier alpha value is -1.35. The van der Waals surface area contributed by atoms with Crippen LogP contribution < -0.4 is 0 Å². The van der Waals surface area contributed by atoms with Crippen molar-refractivity contribution in [1.82, 2.24) is 0 Å². The third-order valence-electron chi connectivity index (χ3n) is 1.72. The van der Waals surface area contributed by atoms with Gasteiger partial charge in [0.25, 0.3) is 0 Å². The van der Waals surface area contributed by atoms with Gasteiger partial charge in [-0.25, -0.2) is 4.79 Å². The third-order valence-corrected chi connectivity index (χ3v) is 1.72. The lowest BCUT2D eigenvalue weighted by molar-refractivity contribution is 0.0120. The first-order valence-corrected chi connectivity index (χ1v) is 4.49. The lowest BCUT2D eigenvalue weighted by Gasteiger charge is -2.11. The largest absolute Gasteiger partial charge is 0.457 e. The van der Waals surface area contributed by atoms with Crippen LogP contribution in [0.15, 0.2) is 30.3 Å². The van der Waals surface area contributed by atoms with Crippen LogP contribution in [0.1, 0.15) is 17.3 Å². The van der Waals surface area contributed by atoms with Crippen molar-refractivity contribution in [3.63, 3.8) is 0 Å². The molecule has 0 aliphatic heterocycles. The van der Waals surface area contributed by atoms with E-state index in [9.17, 15) is 4.79 Å². The van der Waals surface area contributed by atoms with Gasteiger partial charge >= 0.3 is 5.97 Å². The van der Waals surface area contributed by atoms with Gasteiger partial charge in [0.1, 0.15) is 6.10 Å². The first kappa shape index (κ1) is 10.7. The second-order valence-electron chi connectivity index (χ2n) is 3.04. The van der Waals surface area contributed by atoms with Gasteiger partial charge in [0.15, 0.2) is 0 Å². The Kier molecular flexibility index (Phi) is 4.13. The molecule has 76 valence electrons. The van der Waals surface area contributed by atoms with Gasteiger partial charge in [0, 0.05) is 7.11 Å². The Morgan fingerprint density at radius 2 is 2.00 bits per heavy atom. The van der Waals surface area contributed by atoms with Gasteiger partial charge in [0.05, 0.1) is 12.2 Å². The van der Waals surface area contributed by atoms with Gasteiger partial charge in [-0.1, -0.05) is 18.2 Å². The number of ether oxygens (including phenoxy) is 2. The molecule has 0 aromatic heterocycles. The fraction of sp³-hybridized carbons (Fsp3) is 0.364. The Morgan fingerprint density at radius 3 is 2.57 bits per heavy atom. The standard InChI is InChI=1S/C11H14O3/c1-9(8-13-2)14-11(12)10-6-4-3-5-7-10/h3-7,9H,8H2,1-2H3/t9-/m0/s1. The molecule has 0 bridgehead atoms. The number of hydrogen-bond donors (Lipinski definition) is 0. The second-order valence-corrected chi connectivity index (χ2v) is 3.04. The van der Waals surface area contributed by atoms with Crippen molar-refractivity contribution in [1.29, 1.82) is 0 Å². The molecule has 3 heteroatoms. The fourth-order valence-corrected chi connectivity index (χ4v) is 1.09. The smallest absolute Gasteiger partial charge is 0.338 e. The van der Waals surface area contributed by atoms with Gasteiger partial charge in [-0.3, -0.25) is 0 Å². The molecule has 1 rings (SSSR count). The number of hydrogen-bond acceptors (Lipinski definition) is 3. The summed E-state index contributed by atoms with van der Waals surface area (Å²) in [4.78, 5) is 11.5. The minimum absolute atomic E-state index is 0.215. The predicted octanol–water partition coefficient (Wildman–Crippen LogP) is 1.88. The van der Waals surface area contributed by atoms with Crippen molar-refractivity contribution >= 4 is 5.97 Å². The van der Waals surface area contributed by atoms with Crippen molar-refractivity contribution < 1.29 is 14.3 Å². The van der Waals surface area contributed by atoms with E-state index in [1.165, 1.54) is 0 Å². The molecule has 1 aromatic carbocycles. The molecule has 0 aliphatic rings. The third kappa shape index (κ3) is 3.18. The number of carbonyl (C=O) groups excluding carboxylic acids is 1. The fourth-order valence-electron chi connectivity index (χ4n) is 1.09. The van der Waals surface area contributed by atoms with E-state index in [0.717, 1.165) is 0 Å². The highest BCUT2D eigenvalue weighted by molar-refractivity contribution is 5.89. The highest BCUT2D eigenvalue weighted by Gasteiger charge is 2.10. The summed E-state index contributed by atoms with van der Waals surface area (Å²) in [5, 5.41) is 0. The van der Waals surface area contributed by atoms with Crippen molar-refractivity contribution in [2.45, 2.75) is 13.0 Å². The van der Waals surface area contributed by atoms with Crippen LogP contribution in [0.25, 0.3) is 0 Å². The monoisotopic (exact) mass is 194 g/mol. The molecule has 14 heavy (non-hydrogen) atoms. The Morgan fingerprint density at radius 1 is 1.36 bits per heavy atom. The molecule has 0 spiro atoms. The first-order chi connectivity index (χ1) is 6.74. The van der Waals surface area contributed by atoms with Crippen LogP contribution in [-0.2, 0) is 9.47 Å². The van der Waals surface area contributed by atoms with Crippen LogP contribution in [-0.4, -0.2) is 25.8 Å². The normalized spacial score (nSPS) is 12.1. The van der Waals surface area contributed by atoms with Gasteiger partial charge < -0.3 is 9.47 Å².